The van der Waals surface area contributed by atoms with Crippen molar-refractivity contribution in [1.82, 2.24) is 19.8 Å². The van der Waals surface area contributed by atoms with Crippen LogP contribution in [0.5, 0.6) is 0 Å². The number of hydrogen-bond donors (Lipinski definition) is 2. The standard InChI is InChI=1S/C27H27F3N6O2S/c1-3-35-10-12-36(13-11-35)17-21-7-6-20(14-23(21)27(28,29)30)25(38)34-26-32-16-22(39-26)8-4-19-5-9-24(31-15-19)33-18(2)37/h5-7,9,14-16H,3,10-13,17H2,1-2H3,(H,31,33,37)(H,32,34,38). The summed E-state index contributed by atoms with van der Waals surface area (Å²) in [5, 5.41) is 5.34. The average molecular weight is 557 g/mol. The highest BCUT2D eigenvalue weighted by atomic mass is 32.1. The fourth-order valence-corrected chi connectivity index (χ4v) is 4.70. The molecule has 39 heavy (non-hydrogen) atoms. The lowest BCUT2D eigenvalue weighted by Gasteiger charge is -2.34. The number of nitrogens with one attached hydrogen (secondary N) is 2. The van der Waals surface area contributed by atoms with Gasteiger partial charge in [-0.05, 0) is 42.3 Å². The van der Waals surface area contributed by atoms with Gasteiger partial charge in [-0.15, -0.1) is 0 Å². The molecule has 0 atom stereocenters. The van der Waals surface area contributed by atoms with Gasteiger partial charge < -0.3 is 10.2 Å². The molecule has 1 saturated heterocycles. The highest BCUT2D eigenvalue weighted by Gasteiger charge is 2.34. The quantitative estimate of drug-likeness (QED) is 0.440. The summed E-state index contributed by atoms with van der Waals surface area (Å²) in [4.78, 5) is 36.8. The van der Waals surface area contributed by atoms with Crippen molar-refractivity contribution in [3.8, 4) is 11.8 Å². The van der Waals surface area contributed by atoms with E-state index in [1.165, 1.54) is 31.5 Å². The van der Waals surface area contributed by atoms with E-state index in [0.717, 1.165) is 37.0 Å². The number of hydrogen-bond acceptors (Lipinski definition) is 7. The Bertz CT molecular complexity index is 1390. The van der Waals surface area contributed by atoms with Crippen LogP contribution in [0, 0.1) is 11.8 Å². The van der Waals surface area contributed by atoms with Gasteiger partial charge in [0.15, 0.2) is 5.13 Å². The van der Waals surface area contributed by atoms with Gasteiger partial charge in [0, 0.05) is 57.0 Å². The monoisotopic (exact) mass is 556 g/mol. The molecule has 8 nitrogen and oxygen atoms in total. The molecule has 0 bridgehead atoms. The molecule has 2 amide bonds. The summed E-state index contributed by atoms with van der Waals surface area (Å²) in [7, 11) is 0. The van der Waals surface area contributed by atoms with Gasteiger partial charge in [-0.1, -0.05) is 30.2 Å². The van der Waals surface area contributed by atoms with Crippen LogP contribution in [-0.2, 0) is 17.5 Å². The van der Waals surface area contributed by atoms with Crippen LogP contribution in [0.25, 0.3) is 0 Å². The van der Waals surface area contributed by atoms with E-state index in [2.05, 4.69) is 44.3 Å². The number of likely N-dealkylation sites (N-methyl/N-ethyl adjacent to an activating group) is 1. The summed E-state index contributed by atoms with van der Waals surface area (Å²) >= 11 is 1.10. The number of anilines is 2. The lowest BCUT2D eigenvalue weighted by Crippen LogP contribution is -2.45. The first kappa shape index (κ1) is 28.2. The topological polar surface area (TPSA) is 90.5 Å². The Kier molecular flexibility index (Phi) is 8.96. The van der Waals surface area contributed by atoms with E-state index in [1.54, 1.807) is 12.1 Å². The third kappa shape index (κ3) is 7.86. The summed E-state index contributed by atoms with van der Waals surface area (Å²) < 4.78 is 41.7. The highest BCUT2D eigenvalue weighted by molar-refractivity contribution is 7.16. The molecule has 3 heterocycles. The molecule has 1 aromatic carbocycles. The van der Waals surface area contributed by atoms with E-state index in [1.807, 2.05) is 4.90 Å². The molecule has 0 saturated carbocycles. The lowest BCUT2D eigenvalue weighted by molar-refractivity contribution is -0.138. The van der Waals surface area contributed by atoms with Crippen LogP contribution in [0.2, 0.25) is 0 Å². The van der Waals surface area contributed by atoms with Crippen LogP contribution in [0.15, 0.2) is 42.7 Å². The van der Waals surface area contributed by atoms with Crippen LogP contribution in [0.3, 0.4) is 0 Å². The zero-order valence-electron chi connectivity index (χ0n) is 21.4. The third-order valence-electron chi connectivity index (χ3n) is 6.11. The molecule has 2 N–H and O–H groups in total. The van der Waals surface area contributed by atoms with Gasteiger partial charge in [0.2, 0.25) is 5.91 Å². The predicted octanol–water partition coefficient (Wildman–Crippen LogP) is 4.30. The van der Waals surface area contributed by atoms with Gasteiger partial charge >= 0.3 is 6.18 Å². The summed E-state index contributed by atoms with van der Waals surface area (Å²) in [6.07, 6.45) is -1.61. The lowest BCUT2D eigenvalue weighted by atomic mass is 10.0. The molecular weight excluding hydrogens is 529 g/mol. The van der Waals surface area contributed by atoms with Crippen molar-refractivity contribution in [3.05, 3.63) is 69.9 Å². The molecule has 1 aliphatic rings. The van der Waals surface area contributed by atoms with Gasteiger partial charge in [-0.2, -0.15) is 13.2 Å². The summed E-state index contributed by atoms with van der Waals surface area (Å²) in [5.41, 5.74) is -0.155. The van der Waals surface area contributed by atoms with Crippen molar-refractivity contribution < 1.29 is 22.8 Å². The maximum Gasteiger partial charge on any atom is 0.416 e. The molecule has 12 heteroatoms. The second-order valence-electron chi connectivity index (χ2n) is 8.93. The zero-order chi connectivity index (χ0) is 28.0. The van der Waals surface area contributed by atoms with Gasteiger partial charge in [0.1, 0.15) is 5.82 Å². The van der Waals surface area contributed by atoms with E-state index in [-0.39, 0.29) is 28.7 Å². The van der Waals surface area contributed by atoms with E-state index >= 15 is 0 Å². The van der Waals surface area contributed by atoms with Crippen molar-refractivity contribution in [2.75, 3.05) is 43.4 Å². The van der Waals surface area contributed by atoms with E-state index in [0.29, 0.717) is 29.3 Å². The van der Waals surface area contributed by atoms with Crippen LogP contribution >= 0.6 is 11.3 Å². The Morgan fingerprint density at radius 1 is 1.00 bits per heavy atom. The van der Waals surface area contributed by atoms with E-state index < -0.39 is 17.6 Å². The molecule has 3 aromatic rings. The first-order chi connectivity index (χ1) is 18.6. The first-order valence-corrected chi connectivity index (χ1v) is 13.1. The number of alkyl halides is 3. The molecular formula is C27H27F3N6O2S. The second-order valence-corrected chi connectivity index (χ2v) is 9.96. The SMILES string of the molecule is CCN1CCN(Cc2ccc(C(=O)Nc3ncc(C#Cc4ccc(NC(C)=O)nc4)s3)cc2C(F)(F)F)CC1. The van der Waals surface area contributed by atoms with Gasteiger partial charge in [0.25, 0.3) is 5.91 Å². The number of carbonyl (C=O) groups excluding carboxylic acids is 2. The molecule has 2 aromatic heterocycles. The fraction of sp³-hybridized carbons (Fsp3) is 0.333. The Balaban J connectivity index is 1.42. The van der Waals surface area contributed by atoms with Crippen molar-refractivity contribution in [3.63, 3.8) is 0 Å². The summed E-state index contributed by atoms with van der Waals surface area (Å²) in [5.74, 6) is 5.31. The normalized spacial score (nSPS) is 14.4. The van der Waals surface area contributed by atoms with E-state index in [9.17, 15) is 22.8 Å². The Morgan fingerprint density at radius 2 is 1.74 bits per heavy atom. The van der Waals surface area contributed by atoms with Crippen molar-refractivity contribution >= 4 is 34.1 Å². The predicted molar refractivity (Wildman–Crippen MR) is 143 cm³/mol. The number of rotatable bonds is 6. The minimum Gasteiger partial charge on any atom is -0.311 e. The second kappa shape index (κ2) is 12.4. The summed E-state index contributed by atoms with van der Waals surface area (Å²) in [6.45, 7) is 7.58. The zero-order valence-corrected chi connectivity index (χ0v) is 22.2. The molecule has 0 unspecified atom stereocenters. The van der Waals surface area contributed by atoms with Crippen molar-refractivity contribution in [2.24, 2.45) is 0 Å². The van der Waals surface area contributed by atoms with Crippen molar-refractivity contribution in [1.29, 1.82) is 0 Å². The molecule has 4 rings (SSSR count). The molecule has 0 aliphatic carbocycles. The number of halogens is 3. The number of carbonyl (C=O) groups is 2. The first-order valence-electron chi connectivity index (χ1n) is 12.3. The largest absolute Gasteiger partial charge is 0.416 e. The number of amides is 2. The molecule has 0 radical (unpaired) electrons. The van der Waals surface area contributed by atoms with E-state index in [4.69, 9.17) is 0 Å². The minimum absolute atomic E-state index is 0.102. The van der Waals surface area contributed by atoms with Gasteiger partial charge in [-0.3, -0.25) is 19.8 Å². The number of aromatic nitrogens is 2. The van der Waals surface area contributed by atoms with Gasteiger partial charge in [-0.25, -0.2) is 9.97 Å². The third-order valence-corrected chi connectivity index (χ3v) is 6.94. The molecule has 204 valence electrons. The number of thiazole rings is 1. The number of piperazine rings is 1. The Morgan fingerprint density at radius 3 is 2.38 bits per heavy atom. The maximum absolute atomic E-state index is 13.9. The maximum atomic E-state index is 13.9. The van der Waals surface area contributed by atoms with Crippen LogP contribution in [0.4, 0.5) is 24.1 Å². The number of benzene rings is 1. The summed E-state index contributed by atoms with van der Waals surface area (Å²) in [6, 6.07) is 7.01. The van der Waals surface area contributed by atoms with Crippen LogP contribution in [-0.4, -0.2) is 64.3 Å². The molecule has 0 spiro atoms. The Labute approximate surface area is 228 Å². The number of nitrogens with zero attached hydrogens (tertiary/aromatic N) is 4. The number of pyridine rings is 1. The van der Waals surface area contributed by atoms with Crippen molar-refractivity contribution in [2.45, 2.75) is 26.6 Å². The van der Waals surface area contributed by atoms with Gasteiger partial charge in [0.05, 0.1) is 16.6 Å². The highest BCUT2D eigenvalue weighted by Crippen LogP contribution is 2.34. The Hall–Kier alpha value is -3.79. The average Bonchev–Trinajstić information content (AvgIpc) is 3.35. The minimum atomic E-state index is -4.59. The fourth-order valence-electron chi connectivity index (χ4n) is 4.04. The smallest absolute Gasteiger partial charge is 0.311 e. The van der Waals surface area contributed by atoms with Crippen LogP contribution in [0.1, 0.15) is 45.8 Å². The molecule has 1 fully saturated rings. The van der Waals surface area contributed by atoms with Crippen LogP contribution < -0.4 is 10.6 Å². The molecule has 1 aliphatic heterocycles.